The summed E-state index contributed by atoms with van der Waals surface area (Å²) in [5.74, 6) is 0.0766. The van der Waals surface area contributed by atoms with E-state index in [1.807, 2.05) is 24.3 Å². The van der Waals surface area contributed by atoms with Crippen molar-refractivity contribution in [1.82, 2.24) is 0 Å². The lowest BCUT2D eigenvalue weighted by atomic mass is 9.98. The fourth-order valence-corrected chi connectivity index (χ4v) is 2.66. The van der Waals surface area contributed by atoms with Gasteiger partial charge in [-0.15, -0.1) is 0 Å². The SMILES string of the molecule is COc1ccc(C2C(C#N)(C#N)C2(C#N)C#N)c(OC)c1. The van der Waals surface area contributed by atoms with Crippen LogP contribution in [-0.2, 0) is 0 Å². The number of methoxy groups -OCH3 is 2. The summed E-state index contributed by atoms with van der Waals surface area (Å²) in [6.45, 7) is 0. The minimum atomic E-state index is -1.68. The van der Waals surface area contributed by atoms with E-state index >= 15 is 0 Å². The molecule has 0 unspecified atom stereocenters. The van der Waals surface area contributed by atoms with E-state index in [1.54, 1.807) is 18.2 Å². The lowest BCUT2D eigenvalue weighted by molar-refractivity contribution is 0.390. The van der Waals surface area contributed by atoms with Crippen molar-refractivity contribution in [1.29, 1.82) is 21.0 Å². The van der Waals surface area contributed by atoms with Crippen LogP contribution in [0.5, 0.6) is 11.5 Å². The summed E-state index contributed by atoms with van der Waals surface area (Å²) >= 11 is 0. The zero-order chi connectivity index (χ0) is 15.7. The topological polar surface area (TPSA) is 114 Å². The fraction of sp³-hybridized carbons (Fsp3) is 0.333. The Kier molecular flexibility index (Phi) is 3.18. The van der Waals surface area contributed by atoms with Gasteiger partial charge < -0.3 is 9.47 Å². The highest BCUT2D eigenvalue weighted by molar-refractivity contribution is 5.62. The average molecular weight is 278 g/mol. The van der Waals surface area contributed by atoms with Crippen molar-refractivity contribution in [3.63, 3.8) is 0 Å². The normalized spacial score (nSPS) is 17.4. The first kappa shape index (κ1) is 14.2. The summed E-state index contributed by atoms with van der Waals surface area (Å²) in [5.41, 5.74) is -2.89. The molecule has 1 aromatic rings. The van der Waals surface area contributed by atoms with Gasteiger partial charge in [-0.05, 0) is 6.07 Å². The maximum absolute atomic E-state index is 9.31. The second-order valence-corrected chi connectivity index (χ2v) is 4.60. The van der Waals surface area contributed by atoms with Crippen LogP contribution in [0.2, 0.25) is 0 Å². The highest BCUT2D eigenvalue weighted by Crippen LogP contribution is 2.74. The van der Waals surface area contributed by atoms with Crippen molar-refractivity contribution in [2.75, 3.05) is 14.2 Å². The van der Waals surface area contributed by atoms with Crippen LogP contribution in [0.1, 0.15) is 11.5 Å². The Morgan fingerprint density at radius 2 is 1.43 bits per heavy atom. The first-order valence-corrected chi connectivity index (χ1v) is 5.97. The summed E-state index contributed by atoms with van der Waals surface area (Å²) < 4.78 is 10.3. The Labute approximate surface area is 122 Å². The largest absolute Gasteiger partial charge is 0.497 e. The number of hydrogen-bond donors (Lipinski definition) is 0. The van der Waals surface area contributed by atoms with Gasteiger partial charge in [-0.25, -0.2) is 0 Å². The third kappa shape index (κ3) is 1.54. The van der Waals surface area contributed by atoms with Crippen molar-refractivity contribution in [2.45, 2.75) is 5.92 Å². The highest BCUT2D eigenvalue weighted by Gasteiger charge is 2.82. The van der Waals surface area contributed by atoms with Crippen molar-refractivity contribution < 1.29 is 9.47 Å². The molecule has 102 valence electrons. The van der Waals surface area contributed by atoms with Crippen LogP contribution in [0.25, 0.3) is 0 Å². The predicted octanol–water partition coefficient (Wildman–Crippen LogP) is 1.87. The molecule has 21 heavy (non-hydrogen) atoms. The fourth-order valence-electron chi connectivity index (χ4n) is 2.66. The summed E-state index contributed by atoms with van der Waals surface area (Å²) in [7, 11) is 2.93. The second kappa shape index (κ2) is 4.71. The number of rotatable bonds is 3. The van der Waals surface area contributed by atoms with E-state index in [4.69, 9.17) is 9.47 Å². The van der Waals surface area contributed by atoms with Crippen molar-refractivity contribution in [2.24, 2.45) is 10.8 Å². The van der Waals surface area contributed by atoms with Crippen LogP contribution in [0, 0.1) is 56.2 Å². The molecule has 0 amide bonds. The van der Waals surface area contributed by atoms with E-state index in [0.29, 0.717) is 17.1 Å². The third-order valence-corrected chi connectivity index (χ3v) is 3.86. The molecule has 1 fully saturated rings. The van der Waals surface area contributed by atoms with Gasteiger partial charge >= 0.3 is 0 Å². The first-order chi connectivity index (χ1) is 10.1. The van der Waals surface area contributed by atoms with E-state index < -0.39 is 16.7 Å². The molecule has 0 bridgehead atoms. The Balaban J connectivity index is 2.65. The van der Waals surface area contributed by atoms with Crippen LogP contribution in [0.4, 0.5) is 0 Å². The number of hydrogen-bond acceptors (Lipinski definition) is 6. The number of benzene rings is 1. The van der Waals surface area contributed by atoms with Crippen LogP contribution in [0.15, 0.2) is 18.2 Å². The smallest absolute Gasteiger partial charge is 0.185 e. The predicted molar refractivity (Wildman–Crippen MR) is 69.6 cm³/mol. The quantitative estimate of drug-likeness (QED) is 0.833. The second-order valence-electron chi connectivity index (χ2n) is 4.60. The number of nitrogens with zero attached hydrogens (tertiary/aromatic N) is 4. The molecular weight excluding hydrogens is 268 g/mol. The van der Waals surface area contributed by atoms with E-state index in [0.717, 1.165) is 0 Å². The van der Waals surface area contributed by atoms with Gasteiger partial charge in [0.2, 0.25) is 0 Å². The van der Waals surface area contributed by atoms with Crippen molar-refractivity contribution in [3.05, 3.63) is 23.8 Å². The summed E-state index contributed by atoms with van der Waals surface area (Å²) in [6.07, 6.45) is 0. The molecule has 0 N–H and O–H groups in total. The van der Waals surface area contributed by atoms with Crippen LogP contribution < -0.4 is 9.47 Å². The molecule has 0 aliphatic heterocycles. The van der Waals surface area contributed by atoms with Gasteiger partial charge in [-0.2, -0.15) is 21.0 Å². The molecule has 0 heterocycles. The number of ether oxygens (including phenoxy) is 2. The molecular formula is C15H10N4O2. The Bertz CT molecular complexity index is 692. The maximum Gasteiger partial charge on any atom is 0.185 e. The molecule has 0 aromatic heterocycles. The minimum absolute atomic E-state index is 0.376. The Morgan fingerprint density at radius 1 is 0.905 bits per heavy atom. The Hall–Kier alpha value is -3.22. The maximum atomic E-state index is 9.31. The molecule has 0 spiro atoms. The molecule has 1 aliphatic rings. The summed E-state index contributed by atoms with van der Waals surface area (Å²) in [5, 5.41) is 37.2. The van der Waals surface area contributed by atoms with Crippen molar-refractivity contribution >= 4 is 0 Å². The molecule has 0 atom stereocenters. The minimum Gasteiger partial charge on any atom is -0.497 e. The third-order valence-electron chi connectivity index (χ3n) is 3.86. The molecule has 1 aliphatic carbocycles. The monoisotopic (exact) mass is 278 g/mol. The molecule has 0 radical (unpaired) electrons. The Morgan fingerprint density at radius 3 is 1.81 bits per heavy atom. The molecule has 2 rings (SSSR count). The summed E-state index contributed by atoms with van der Waals surface area (Å²) in [4.78, 5) is 0. The van der Waals surface area contributed by atoms with Crippen LogP contribution in [-0.4, -0.2) is 14.2 Å². The molecule has 6 nitrogen and oxygen atoms in total. The lowest BCUT2D eigenvalue weighted by Gasteiger charge is -2.10. The van der Waals surface area contributed by atoms with Crippen LogP contribution >= 0.6 is 0 Å². The van der Waals surface area contributed by atoms with Gasteiger partial charge in [-0.1, -0.05) is 6.07 Å². The molecule has 0 saturated heterocycles. The van der Waals surface area contributed by atoms with Gasteiger partial charge in [0.25, 0.3) is 0 Å². The first-order valence-electron chi connectivity index (χ1n) is 5.97. The van der Waals surface area contributed by atoms with E-state index in [1.165, 1.54) is 14.2 Å². The van der Waals surface area contributed by atoms with Gasteiger partial charge in [0, 0.05) is 11.6 Å². The number of nitriles is 4. The standard InChI is InChI=1S/C15H10N4O2/c1-20-10-3-4-11(12(5-10)21-2)13-14(6-16,7-17)15(13,8-18)9-19/h3-5,13H,1-2H3. The van der Waals surface area contributed by atoms with Gasteiger partial charge in [0.1, 0.15) is 11.5 Å². The van der Waals surface area contributed by atoms with Crippen LogP contribution in [0.3, 0.4) is 0 Å². The summed E-state index contributed by atoms with van der Waals surface area (Å²) in [6, 6.07) is 12.2. The molecule has 1 aromatic carbocycles. The lowest BCUT2D eigenvalue weighted by Crippen LogP contribution is -2.05. The van der Waals surface area contributed by atoms with Gasteiger partial charge in [-0.3, -0.25) is 0 Å². The van der Waals surface area contributed by atoms with Gasteiger partial charge in [0.15, 0.2) is 10.8 Å². The van der Waals surface area contributed by atoms with Crippen molar-refractivity contribution in [3.8, 4) is 35.8 Å². The van der Waals surface area contributed by atoms with E-state index in [9.17, 15) is 21.0 Å². The zero-order valence-electron chi connectivity index (χ0n) is 11.4. The zero-order valence-corrected chi connectivity index (χ0v) is 11.4. The molecule has 6 heteroatoms. The van der Waals surface area contributed by atoms with E-state index in [-0.39, 0.29) is 0 Å². The van der Waals surface area contributed by atoms with Gasteiger partial charge in [0.05, 0.1) is 44.4 Å². The average Bonchev–Trinajstić information content (AvgIpc) is 3.16. The highest BCUT2D eigenvalue weighted by atomic mass is 16.5. The molecule has 1 saturated carbocycles. The van der Waals surface area contributed by atoms with E-state index in [2.05, 4.69) is 0 Å².